The van der Waals surface area contributed by atoms with Crippen LogP contribution in [0.2, 0.25) is 0 Å². The third-order valence-corrected chi connectivity index (χ3v) is 5.51. The third-order valence-electron chi connectivity index (χ3n) is 3.79. The maximum atomic E-state index is 13.8. The van der Waals surface area contributed by atoms with Crippen LogP contribution >= 0.6 is 27.7 Å². The molecule has 2 aromatic rings. The maximum absolute atomic E-state index is 13.8. The molecule has 0 saturated heterocycles. The predicted molar refractivity (Wildman–Crippen MR) is 110 cm³/mol. The van der Waals surface area contributed by atoms with E-state index in [9.17, 15) is 18.8 Å². The second-order valence-electron chi connectivity index (χ2n) is 5.98. The molecule has 0 radical (unpaired) electrons. The van der Waals surface area contributed by atoms with Crippen LogP contribution in [0.4, 0.5) is 4.39 Å². The van der Waals surface area contributed by atoms with Crippen LogP contribution in [0.25, 0.3) is 0 Å². The van der Waals surface area contributed by atoms with Gasteiger partial charge in [0.1, 0.15) is 16.9 Å². The van der Waals surface area contributed by atoms with Gasteiger partial charge in [0.25, 0.3) is 0 Å². The Morgan fingerprint density at radius 2 is 1.93 bits per heavy atom. The number of carbonyl (C=O) groups is 3. The summed E-state index contributed by atoms with van der Waals surface area (Å²) in [6.45, 7) is 2.72. The molecule has 0 fully saturated rings. The van der Waals surface area contributed by atoms with Crippen molar-refractivity contribution in [2.24, 2.45) is 5.10 Å². The van der Waals surface area contributed by atoms with E-state index in [0.717, 1.165) is 0 Å². The number of benzene rings is 2. The number of hydrogen-bond acceptors (Lipinski definition) is 6. The molecular formula is C19H15BrFN3O4S. The van der Waals surface area contributed by atoms with E-state index in [1.165, 1.54) is 61.0 Å². The molecule has 0 saturated carbocycles. The standard InChI is InChI=1S/C19H15BrFN3O4S/c1-10(25)22-19-23-24(11(2)26)17(29-19)12-7-8-16(14(20)9-12)28-18(27)13-5-3-4-6-15(13)21/h3-9,17H,1-2H3,(H,22,23,25). The Morgan fingerprint density at radius 1 is 1.21 bits per heavy atom. The van der Waals surface area contributed by atoms with Gasteiger partial charge in [-0.1, -0.05) is 30.0 Å². The van der Waals surface area contributed by atoms with Crippen LogP contribution in [0.1, 0.15) is 35.1 Å². The molecule has 0 bridgehead atoms. The summed E-state index contributed by atoms with van der Waals surface area (Å²) in [6.07, 6.45) is 0. The van der Waals surface area contributed by atoms with Gasteiger partial charge in [-0.3, -0.25) is 9.59 Å². The van der Waals surface area contributed by atoms with Gasteiger partial charge in [-0.2, -0.15) is 0 Å². The zero-order valence-corrected chi connectivity index (χ0v) is 17.7. The second kappa shape index (κ2) is 8.75. The summed E-state index contributed by atoms with van der Waals surface area (Å²) in [5.74, 6) is -1.89. The van der Waals surface area contributed by atoms with E-state index < -0.39 is 17.2 Å². The van der Waals surface area contributed by atoms with Crippen LogP contribution < -0.4 is 10.1 Å². The summed E-state index contributed by atoms with van der Waals surface area (Å²) in [5, 5.41) is 7.75. The van der Waals surface area contributed by atoms with Gasteiger partial charge in [0, 0.05) is 13.8 Å². The number of rotatable bonds is 3. The molecule has 1 unspecified atom stereocenters. The molecule has 2 aromatic carbocycles. The van der Waals surface area contributed by atoms with E-state index in [2.05, 4.69) is 26.3 Å². The van der Waals surface area contributed by atoms with Gasteiger partial charge in [-0.25, -0.2) is 14.2 Å². The molecular weight excluding hydrogens is 465 g/mol. The Hall–Kier alpha value is -2.72. The molecule has 0 spiro atoms. The summed E-state index contributed by atoms with van der Waals surface area (Å²) in [7, 11) is 0. The molecule has 0 aliphatic carbocycles. The first-order valence-electron chi connectivity index (χ1n) is 8.35. The second-order valence-corrected chi connectivity index (χ2v) is 7.90. The number of amides is 2. The lowest BCUT2D eigenvalue weighted by atomic mass is 10.2. The van der Waals surface area contributed by atoms with Crippen molar-refractivity contribution in [3.63, 3.8) is 0 Å². The van der Waals surface area contributed by atoms with Crippen molar-refractivity contribution in [2.45, 2.75) is 19.2 Å². The van der Waals surface area contributed by atoms with Crippen molar-refractivity contribution in [2.75, 3.05) is 0 Å². The monoisotopic (exact) mass is 479 g/mol. The number of nitrogens with one attached hydrogen (secondary N) is 1. The lowest BCUT2D eigenvalue weighted by Gasteiger charge is -2.20. The fourth-order valence-electron chi connectivity index (χ4n) is 2.51. The van der Waals surface area contributed by atoms with E-state index >= 15 is 0 Å². The number of hydrazone groups is 1. The topological polar surface area (TPSA) is 88.1 Å². The summed E-state index contributed by atoms with van der Waals surface area (Å²) in [4.78, 5) is 35.4. The number of esters is 1. The number of ether oxygens (including phenoxy) is 1. The van der Waals surface area contributed by atoms with Crippen LogP contribution in [0.5, 0.6) is 5.75 Å². The lowest BCUT2D eigenvalue weighted by Crippen LogP contribution is -2.25. The van der Waals surface area contributed by atoms with E-state index in [-0.39, 0.29) is 23.1 Å². The summed E-state index contributed by atoms with van der Waals surface area (Å²) < 4.78 is 19.5. The Kier molecular flexibility index (Phi) is 6.33. The van der Waals surface area contributed by atoms with Gasteiger partial charge < -0.3 is 10.1 Å². The molecule has 1 heterocycles. The normalized spacial score (nSPS) is 15.7. The minimum atomic E-state index is -0.826. The zero-order valence-electron chi connectivity index (χ0n) is 15.3. The number of amidine groups is 1. The largest absolute Gasteiger partial charge is 0.422 e. The van der Waals surface area contributed by atoms with Crippen LogP contribution in [0, 0.1) is 5.82 Å². The molecule has 2 amide bonds. The highest BCUT2D eigenvalue weighted by Gasteiger charge is 2.32. The first-order chi connectivity index (χ1) is 13.8. The molecule has 1 N–H and O–H groups in total. The molecule has 1 atom stereocenters. The fourth-order valence-corrected chi connectivity index (χ4v) is 4.12. The van der Waals surface area contributed by atoms with Gasteiger partial charge in [-0.05, 0) is 45.8 Å². The number of thioether (sulfide) groups is 1. The summed E-state index contributed by atoms with van der Waals surface area (Å²) >= 11 is 4.54. The van der Waals surface area contributed by atoms with Gasteiger partial charge in [0.2, 0.25) is 11.8 Å². The van der Waals surface area contributed by atoms with E-state index in [1.807, 2.05) is 0 Å². The smallest absolute Gasteiger partial charge is 0.346 e. The number of carbonyl (C=O) groups excluding carboxylic acids is 3. The fraction of sp³-hybridized carbons (Fsp3) is 0.158. The van der Waals surface area contributed by atoms with Crippen LogP contribution in [0.15, 0.2) is 52.0 Å². The molecule has 29 heavy (non-hydrogen) atoms. The molecule has 1 aliphatic heterocycles. The molecule has 1 aliphatic rings. The van der Waals surface area contributed by atoms with E-state index in [0.29, 0.717) is 15.2 Å². The van der Waals surface area contributed by atoms with Crippen molar-refractivity contribution in [1.29, 1.82) is 0 Å². The van der Waals surface area contributed by atoms with E-state index in [1.54, 1.807) is 12.1 Å². The number of nitrogens with zero attached hydrogens (tertiary/aromatic N) is 2. The van der Waals surface area contributed by atoms with Gasteiger partial charge in [0.05, 0.1) is 10.0 Å². The molecule has 150 valence electrons. The first-order valence-corrected chi connectivity index (χ1v) is 10.0. The first kappa shape index (κ1) is 21.0. The zero-order chi connectivity index (χ0) is 21.1. The Labute approximate surface area is 178 Å². The molecule has 0 aromatic heterocycles. The van der Waals surface area contributed by atoms with Crippen molar-refractivity contribution < 1.29 is 23.5 Å². The minimum Gasteiger partial charge on any atom is -0.422 e. The maximum Gasteiger partial charge on any atom is 0.346 e. The Balaban J connectivity index is 1.80. The Bertz CT molecular complexity index is 1030. The number of hydrogen-bond donors (Lipinski definition) is 1. The molecule has 10 heteroatoms. The molecule has 7 nitrogen and oxygen atoms in total. The highest BCUT2D eigenvalue weighted by atomic mass is 79.9. The van der Waals surface area contributed by atoms with Crippen molar-refractivity contribution in [3.8, 4) is 5.75 Å². The Morgan fingerprint density at radius 3 is 2.55 bits per heavy atom. The minimum absolute atomic E-state index is 0.175. The summed E-state index contributed by atoms with van der Waals surface area (Å²) in [6, 6.07) is 10.4. The highest BCUT2D eigenvalue weighted by molar-refractivity contribution is 9.10. The van der Waals surface area contributed by atoms with Gasteiger partial charge >= 0.3 is 5.97 Å². The average molecular weight is 480 g/mol. The van der Waals surface area contributed by atoms with Gasteiger partial charge in [-0.15, -0.1) is 5.10 Å². The quantitative estimate of drug-likeness (QED) is 0.534. The average Bonchev–Trinajstić information content (AvgIpc) is 3.07. The van der Waals surface area contributed by atoms with Crippen LogP contribution in [0.3, 0.4) is 0 Å². The van der Waals surface area contributed by atoms with E-state index in [4.69, 9.17) is 4.74 Å². The van der Waals surface area contributed by atoms with Crippen molar-refractivity contribution in [1.82, 2.24) is 10.3 Å². The highest BCUT2D eigenvalue weighted by Crippen LogP contribution is 2.41. The lowest BCUT2D eigenvalue weighted by molar-refractivity contribution is -0.129. The SMILES string of the molecule is CC(=O)NC1=NN(C(C)=O)C(c2ccc(OC(=O)c3ccccc3F)c(Br)c2)S1. The summed E-state index contributed by atoms with van der Waals surface area (Å²) in [5.41, 5.74) is 0.512. The van der Waals surface area contributed by atoms with Crippen LogP contribution in [-0.2, 0) is 9.59 Å². The third kappa shape index (κ3) is 4.83. The predicted octanol–water partition coefficient (Wildman–Crippen LogP) is 3.81. The van der Waals surface area contributed by atoms with Gasteiger partial charge in [0.15, 0.2) is 5.17 Å². The molecule has 3 rings (SSSR count). The number of halogens is 2. The van der Waals surface area contributed by atoms with Crippen molar-refractivity contribution in [3.05, 3.63) is 63.9 Å². The van der Waals surface area contributed by atoms with Crippen molar-refractivity contribution >= 4 is 50.6 Å². The van der Waals surface area contributed by atoms with Crippen LogP contribution in [-0.4, -0.2) is 28.0 Å².